The average Bonchev–Trinajstić information content (AvgIpc) is 2.48. The van der Waals surface area contributed by atoms with Crippen molar-refractivity contribution in [2.24, 2.45) is 0 Å². The van der Waals surface area contributed by atoms with Gasteiger partial charge in [-0.2, -0.15) is 0 Å². The molecule has 0 unspecified atom stereocenters. The van der Waals surface area contributed by atoms with Crippen LogP contribution in [-0.4, -0.2) is 25.4 Å². The minimum Gasteiger partial charge on any atom is -0.476 e. The summed E-state index contributed by atoms with van der Waals surface area (Å²) in [4.78, 5) is 18.5. The molecule has 13 heavy (non-hydrogen) atoms. The van der Waals surface area contributed by atoms with E-state index in [0.29, 0.717) is 11.2 Å². The Kier molecular flexibility index (Phi) is 1.51. The molecule has 2 aromatic heterocycles. The smallest absolute Gasteiger partial charge is 0.356 e. The largest absolute Gasteiger partial charge is 0.476 e. The summed E-state index contributed by atoms with van der Waals surface area (Å²) in [5, 5.41) is 8.82. The van der Waals surface area contributed by atoms with Gasteiger partial charge >= 0.3 is 5.97 Å². The lowest BCUT2D eigenvalue weighted by molar-refractivity contribution is 0.0692. The molecule has 1 N–H and O–H groups in total. The third-order valence-electron chi connectivity index (χ3n) is 1.83. The number of hydrogen-bond donors (Lipinski definition) is 1. The number of imidazole rings is 1. The van der Waals surface area contributed by atoms with Crippen LogP contribution in [-0.2, 0) is 0 Å². The van der Waals surface area contributed by atoms with Crippen LogP contribution in [0.15, 0.2) is 18.7 Å². The predicted molar refractivity (Wildman–Crippen MR) is 44.7 cm³/mol. The summed E-state index contributed by atoms with van der Waals surface area (Å²) in [6.45, 7) is 1.75. The Morgan fingerprint density at radius 3 is 3.00 bits per heavy atom. The Morgan fingerprint density at radius 2 is 2.31 bits per heavy atom. The van der Waals surface area contributed by atoms with Gasteiger partial charge in [0.15, 0.2) is 5.69 Å². The number of nitrogens with zero attached hydrogens (tertiary/aromatic N) is 3. The molecule has 0 aliphatic carbocycles. The SMILES string of the molecule is Cc1ncn2ccnc(C(=O)O)c12. The second-order valence-corrected chi connectivity index (χ2v) is 2.67. The summed E-state index contributed by atoms with van der Waals surface area (Å²) in [7, 11) is 0. The second-order valence-electron chi connectivity index (χ2n) is 2.67. The number of carboxylic acids is 1. The molecule has 2 aromatic rings. The summed E-state index contributed by atoms with van der Waals surface area (Å²) in [6.07, 6.45) is 4.68. The van der Waals surface area contributed by atoms with Gasteiger partial charge in [-0.1, -0.05) is 0 Å². The van der Waals surface area contributed by atoms with Crippen LogP contribution in [0.4, 0.5) is 0 Å². The van der Waals surface area contributed by atoms with Crippen molar-refractivity contribution in [2.75, 3.05) is 0 Å². The summed E-state index contributed by atoms with van der Waals surface area (Å²) < 4.78 is 1.64. The van der Waals surface area contributed by atoms with Gasteiger partial charge in [0.1, 0.15) is 5.52 Å². The molecular weight excluding hydrogens is 170 g/mol. The number of fused-ring (bicyclic) bond motifs is 1. The van der Waals surface area contributed by atoms with Crippen LogP contribution in [0.25, 0.3) is 5.52 Å². The monoisotopic (exact) mass is 177 g/mol. The minimum atomic E-state index is -1.03. The van der Waals surface area contributed by atoms with Crippen LogP contribution < -0.4 is 0 Å². The normalized spacial score (nSPS) is 10.5. The third kappa shape index (κ3) is 1.05. The Labute approximate surface area is 73.7 Å². The van der Waals surface area contributed by atoms with Crippen LogP contribution in [0.1, 0.15) is 16.2 Å². The van der Waals surface area contributed by atoms with Crippen molar-refractivity contribution in [2.45, 2.75) is 6.92 Å². The quantitative estimate of drug-likeness (QED) is 0.697. The zero-order chi connectivity index (χ0) is 9.42. The fourth-order valence-electron chi connectivity index (χ4n) is 1.26. The van der Waals surface area contributed by atoms with Crippen molar-refractivity contribution >= 4 is 11.5 Å². The van der Waals surface area contributed by atoms with Crippen molar-refractivity contribution in [1.29, 1.82) is 0 Å². The molecule has 0 bridgehead atoms. The van der Waals surface area contributed by atoms with Gasteiger partial charge in [-0.3, -0.25) is 0 Å². The Hall–Kier alpha value is -1.91. The molecular formula is C8H7N3O2. The number of aromatic carboxylic acids is 1. The van der Waals surface area contributed by atoms with Crippen LogP contribution in [0.2, 0.25) is 0 Å². The summed E-state index contributed by atoms with van der Waals surface area (Å²) in [5.41, 5.74) is 1.26. The highest BCUT2D eigenvalue weighted by atomic mass is 16.4. The van der Waals surface area contributed by atoms with Gasteiger partial charge in [0.2, 0.25) is 0 Å². The first-order chi connectivity index (χ1) is 6.20. The van der Waals surface area contributed by atoms with Gasteiger partial charge in [-0.05, 0) is 6.92 Å². The number of carbonyl (C=O) groups is 1. The van der Waals surface area contributed by atoms with Gasteiger partial charge in [0.05, 0.1) is 12.0 Å². The van der Waals surface area contributed by atoms with Gasteiger partial charge in [-0.15, -0.1) is 0 Å². The van der Waals surface area contributed by atoms with E-state index in [1.807, 2.05) is 0 Å². The predicted octanol–water partition coefficient (Wildman–Crippen LogP) is 0.736. The molecule has 0 radical (unpaired) electrons. The third-order valence-corrected chi connectivity index (χ3v) is 1.83. The summed E-state index contributed by atoms with van der Waals surface area (Å²) in [6, 6.07) is 0. The highest BCUT2D eigenvalue weighted by Crippen LogP contribution is 2.11. The standard InChI is InChI=1S/C8H7N3O2/c1-5-7-6(8(12)13)9-2-3-11(7)4-10-5/h2-4H,1H3,(H,12,13). The maximum absolute atomic E-state index is 10.8. The van der Waals surface area contributed by atoms with Gasteiger partial charge in [0.25, 0.3) is 0 Å². The average molecular weight is 177 g/mol. The zero-order valence-electron chi connectivity index (χ0n) is 6.93. The molecule has 2 heterocycles. The van der Waals surface area contributed by atoms with E-state index >= 15 is 0 Å². The fraction of sp³-hybridized carbons (Fsp3) is 0.125. The lowest BCUT2D eigenvalue weighted by Gasteiger charge is -1.97. The first kappa shape index (κ1) is 7.72. The van der Waals surface area contributed by atoms with E-state index in [0.717, 1.165) is 0 Å². The maximum Gasteiger partial charge on any atom is 0.356 e. The van der Waals surface area contributed by atoms with Crippen LogP contribution in [0, 0.1) is 6.92 Å². The van der Waals surface area contributed by atoms with Crippen molar-refractivity contribution in [3.63, 3.8) is 0 Å². The van der Waals surface area contributed by atoms with E-state index in [1.165, 1.54) is 6.20 Å². The molecule has 66 valence electrons. The molecule has 0 amide bonds. The van der Waals surface area contributed by atoms with E-state index in [-0.39, 0.29) is 5.69 Å². The lowest BCUT2D eigenvalue weighted by atomic mass is 10.3. The molecule has 0 saturated carbocycles. The van der Waals surface area contributed by atoms with Crippen molar-refractivity contribution < 1.29 is 9.90 Å². The Bertz CT molecular complexity index is 475. The van der Waals surface area contributed by atoms with E-state index in [1.54, 1.807) is 23.8 Å². The molecule has 2 rings (SSSR count). The highest BCUT2D eigenvalue weighted by molar-refractivity contribution is 5.93. The van der Waals surface area contributed by atoms with E-state index in [2.05, 4.69) is 9.97 Å². The zero-order valence-corrected chi connectivity index (χ0v) is 6.93. The van der Waals surface area contributed by atoms with Crippen molar-refractivity contribution in [3.05, 3.63) is 30.1 Å². The molecule has 0 aliphatic heterocycles. The number of aromatic nitrogens is 3. The topological polar surface area (TPSA) is 67.5 Å². The number of hydrogen-bond acceptors (Lipinski definition) is 3. The Balaban J connectivity index is 2.88. The van der Waals surface area contributed by atoms with Crippen LogP contribution in [0.5, 0.6) is 0 Å². The molecule has 5 heteroatoms. The minimum absolute atomic E-state index is 0.0394. The van der Waals surface area contributed by atoms with E-state index in [9.17, 15) is 4.79 Å². The molecule has 0 atom stereocenters. The molecule has 0 aliphatic rings. The van der Waals surface area contributed by atoms with Gasteiger partial charge in [0, 0.05) is 12.4 Å². The van der Waals surface area contributed by atoms with E-state index in [4.69, 9.17) is 5.11 Å². The number of rotatable bonds is 1. The second kappa shape index (κ2) is 2.55. The number of carboxylic acid groups (broad SMARTS) is 1. The van der Waals surface area contributed by atoms with E-state index < -0.39 is 5.97 Å². The lowest BCUT2D eigenvalue weighted by Crippen LogP contribution is -2.03. The van der Waals surface area contributed by atoms with Crippen LogP contribution in [0.3, 0.4) is 0 Å². The fourth-order valence-corrected chi connectivity index (χ4v) is 1.26. The summed E-state index contributed by atoms with van der Waals surface area (Å²) in [5.74, 6) is -1.03. The highest BCUT2D eigenvalue weighted by Gasteiger charge is 2.12. The van der Waals surface area contributed by atoms with Gasteiger partial charge < -0.3 is 9.51 Å². The maximum atomic E-state index is 10.8. The first-order valence-corrected chi connectivity index (χ1v) is 3.71. The molecule has 0 spiro atoms. The first-order valence-electron chi connectivity index (χ1n) is 3.71. The van der Waals surface area contributed by atoms with Crippen molar-refractivity contribution in [3.8, 4) is 0 Å². The molecule has 0 aromatic carbocycles. The Morgan fingerprint density at radius 1 is 1.54 bits per heavy atom. The van der Waals surface area contributed by atoms with Gasteiger partial charge in [-0.25, -0.2) is 14.8 Å². The number of aryl methyl sites for hydroxylation is 1. The van der Waals surface area contributed by atoms with Crippen LogP contribution >= 0.6 is 0 Å². The molecule has 0 saturated heterocycles. The molecule has 5 nitrogen and oxygen atoms in total. The van der Waals surface area contributed by atoms with Crippen molar-refractivity contribution in [1.82, 2.24) is 14.4 Å². The summed E-state index contributed by atoms with van der Waals surface area (Å²) >= 11 is 0. The molecule has 0 fully saturated rings.